The van der Waals surface area contributed by atoms with E-state index >= 15 is 0 Å². The molecule has 0 fully saturated rings. The fourth-order valence-corrected chi connectivity index (χ4v) is 1.72. The minimum absolute atomic E-state index is 0.0401. The largest absolute Gasteiger partial charge is 0.482 e. The third kappa shape index (κ3) is 5.09. The lowest BCUT2D eigenvalue weighted by Crippen LogP contribution is -2.35. The van der Waals surface area contributed by atoms with Gasteiger partial charge in [-0.25, -0.2) is 0 Å². The lowest BCUT2D eigenvalue weighted by Gasteiger charge is -2.13. The van der Waals surface area contributed by atoms with Crippen molar-refractivity contribution in [3.63, 3.8) is 0 Å². The first kappa shape index (κ1) is 15.8. The number of carbonyl (C=O) groups excluding carboxylic acids is 1. The first-order valence-corrected chi connectivity index (χ1v) is 6.79. The molecule has 0 aliphatic rings. The minimum atomic E-state index is -0.151. The number of nitrogens with one attached hydrogen (secondary N) is 1. The van der Waals surface area contributed by atoms with Crippen molar-refractivity contribution < 1.29 is 9.53 Å². The number of amides is 1. The Bertz CT molecular complexity index is 435. The molecule has 2 atom stereocenters. The van der Waals surface area contributed by atoms with Gasteiger partial charge in [-0.1, -0.05) is 24.6 Å². The van der Waals surface area contributed by atoms with Crippen LogP contribution in [0.3, 0.4) is 0 Å². The summed E-state index contributed by atoms with van der Waals surface area (Å²) in [7, 11) is 0. The van der Waals surface area contributed by atoms with Gasteiger partial charge in [0.05, 0.1) is 5.02 Å². The molecule has 19 heavy (non-hydrogen) atoms. The second kappa shape index (κ2) is 7.36. The number of halogens is 1. The summed E-state index contributed by atoms with van der Waals surface area (Å²) in [4.78, 5) is 11.6. The van der Waals surface area contributed by atoms with Crippen LogP contribution in [0, 0.1) is 0 Å². The molecular weight excluding hydrogens is 264 g/mol. The van der Waals surface area contributed by atoms with E-state index in [1.54, 1.807) is 12.1 Å². The maximum absolute atomic E-state index is 11.6. The zero-order chi connectivity index (χ0) is 14.4. The molecule has 0 radical (unpaired) electrons. The zero-order valence-electron chi connectivity index (χ0n) is 11.6. The number of hydrogen-bond donors (Lipinski definition) is 2. The van der Waals surface area contributed by atoms with Crippen molar-refractivity contribution in [2.75, 3.05) is 6.61 Å². The van der Waals surface area contributed by atoms with Crippen LogP contribution in [-0.2, 0) is 4.79 Å². The summed E-state index contributed by atoms with van der Waals surface area (Å²) in [6, 6.07) is 5.40. The molecule has 0 heterocycles. The van der Waals surface area contributed by atoms with Crippen LogP contribution in [0.15, 0.2) is 18.2 Å². The molecule has 3 N–H and O–H groups in total. The van der Waals surface area contributed by atoms with Crippen LogP contribution in [0.4, 0.5) is 0 Å². The van der Waals surface area contributed by atoms with Gasteiger partial charge in [0, 0.05) is 12.1 Å². The first-order valence-electron chi connectivity index (χ1n) is 6.41. The van der Waals surface area contributed by atoms with Gasteiger partial charge in [0.15, 0.2) is 6.61 Å². The van der Waals surface area contributed by atoms with E-state index < -0.39 is 0 Å². The second-order valence-corrected chi connectivity index (χ2v) is 5.05. The number of ether oxygens (including phenoxy) is 1. The van der Waals surface area contributed by atoms with E-state index in [9.17, 15) is 4.79 Å². The molecule has 0 spiro atoms. The molecular formula is C14H21ClN2O2. The van der Waals surface area contributed by atoms with E-state index in [-0.39, 0.29) is 24.6 Å². The molecule has 0 saturated heterocycles. The highest BCUT2D eigenvalue weighted by atomic mass is 35.5. The summed E-state index contributed by atoms with van der Waals surface area (Å²) >= 11 is 6.08. The van der Waals surface area contributed by atoms with Gasteiger partial charge in [0.2, 0.25) is 0 Å². The molecule has 1 amide bonds. The average Bonchev–Trinajstić information content (AvgIpc) is 2.36. The minimum Gasteiger partial charge on any atom is -0.482 e. The lowest BCUT2D eigenvalue weighted by atomic mass is 10.1. The van der Waals surface area contributed by atoms with Gasteiger partial charge >= 0.3 is 0 Å². The fraction of sp³-hybridized carbons (Fsp3) is 0.500. The maximum atomic E-state index is 11.6. The summed E-state index contributed by atoms with van der Waals surface area (Å²) in [5, 5.41) is 3.29. The normalized spacial score (nSPS) is 13.7. The van der Waals surface area contributed by atoms with E-state index in [4.69, 9.17) is 22.1 Å². The Hall–Kier alpha value is -1.26. The molecule has 106 valence electrons. The van der Waals surface area contributed by atoms with E-state index in [0.29, 0.717) is 10.8 Å². The third-order valence-corrected chi connectivity index (χ3v) is 3.16. The van der Waals surface area contributed by atoms with E-state index in [1.165, 1.54) is 0 Å². The highest BCUT2D eigenvalue weighted by Crippen LogP contribution is 2.27. The number of carbonyl (C=O) groups is 1. The predicted molar refractivity (Wildman–Crippen MR) is 77.4 cm³/mol. The molecule has 5 heteroatoms. The maximum Gasteiger partial charge on any atom is 0.258 e. The number of rotatable bonds is 6. The molecule has 1 aromatic carbocycles. The van der Waals surface area contributed by atoms with Crippen LogP contribution in [0.25, 0.3) is 0 Å². The van der Waals surface area contributed by atoms with Crippen LogP contribution in [0.5, 0.6) is 5.75 Å². The van der Waals surface area contributed by atoms with Crippen LogP contribution in [0.1, 0.15) is 38.8 Å². The Labute approximate surface area is 119 Å². The molecule has 1 aromatic rings. The highest BCUT2D eigenvalue weighted by Gasteiger charge is 2.09. The van der Waals surface area contributed by atoms with Gasteiger partial charge in [-0.3, -0.25) is 4.79 Å². The van der Waals surface area contributed by atoms with Crippen LogP contribution < -0.4 is 15.8 Å². The van der Waals surface area contributed by atoms with Gasteiger partial charge < -0.3 is 15.8 Å². The summed E-state index contributed by atoms with van der Waals surface area (Å²) in [5.41, 5.74) is 6.69. The van der Waals surface area contributed by atoms with Gasteiger partial charge in [0.1, 0.15) is 5.75 Å². The summed E-state index contributed by atoms with van der Waals surface area (Å²) in [5.74, 6) is 0.340. The van der Waals surface area contributed by atoms with Crippen molar-refractivity contribution in [2.24, 2.45) is 5.73 Å². The van der Waals surface area contributed by atoms with Crippen molar-refractivity contribution in [3.8, 4) is 5.75 Å². The SMILES string of the molecule is CCC(C)NC(=O)COc1ccc([C@H](C)N)cc1Cl. The Morgan fingerprint density at radius 3 is 2.68 bits per heavy atom. The number of hydrogen-bond acceptors (Lipinski definition) is 3. The highest BCUT2D eigenvalue weighted by molar-refractivity contribution is 6.32. The monoisotopic (exact) mass is 284 g/mol. The fourth-order valence-electron chi connectivity index (χ4n) is 1.48. The molecule has 0 aliphatic heterocycles. The van der Waals surface area contributed by atoms with E-state index in [1.807, 2.05) is 26.8 Å². The molecule has 0 aliphatic carbocycles. The molecule has 1 rings (SSSR count). The standard InChI is InChI=1S/C14H21ClN2O2/c1-4-9(2)17-14(18)8-19-13-6-5-11(10(3)16)7-12(13)15/h5-7,9-10H,4,8,16H2,1-3H3,(H,17,18)/t9?,10-/m0/s1. The van der Waals surface area contributed by atoms with Crippen LogP contribution >= 0.6 is 11.6 Å². The molecule has 4 nitrogen and oxygen atoms in total. The zero-order valence-corrected chi connectivity index (χ0v) is 12.3. The summed E-state index contributed by atoms with van der Waals surface area (Å²) in [6.45, 7) is 5.80. The number of nitrogens with two attached hydrogens (primary N) is 1. The quantitative estimate of drug-likeness (QED) is 0.844. The molecule has 1 unspecified atom stereocenters. The Morgan fingerprint density at radius 1 is 1.47 bits per heavy atom. The van der Waals surface area contributed by atoms with Gasteiger partial charge in [-0.15, -0.1) is 0 Å². The van der Waals surface area contributed by atoms with Crippen molar-refractivity contribution in [1.29, 1.82) is 0 Å². The Balaban J connectivity index is 2.56. The van der Waals surface area contributed by atoms with Gasteiger partial charge in [-0.2, -0.15) is 0 Å². The van der Waals surface area contributed by atoms with Crippen LogP contribution in [0.2, 0.25) is 5.02 Å². The van der Waals surface area contributed by atoms with E-state index in [2.05, 4.69) is 5.32 Å². The Morgan fingerprint density at radius 2 is 2.16 bits per heavy atom. The van der Waals surface area contributed by atoms with Gasteiger partial charge in [0.25, 0.3) is 5.91 Å². The molecule has 0 saturated carbocycles. The lowest BCUT2D eigenvalue weighted by molar-refractivity contribution is -0.123. The number of benzene rings is 1. The second-order valence-electron chi connectivity index (χ2n) is 4.64. The first-order chi connectivity index (χ1) is 8.93. The molecule has 0 bridgehead atoms. The Kier molecular flexibility index (Phi) is 6.12. The van der Waals surface area contributed by atoms with Crippen molar-refractivity contribution >= 4 is 17.5 Å². The van der Waals surface area contributed by atoms with E-state index in [0.717, 1.165) is 12.0 Å². The van der Waals surface area contributed by atoms with Crippen molar-refractivity contribution in [2.45, 2.75) is 39.3 Å². The predicted octanol–water partition coefficient (Wildman–Crippen LogP) is 2.65. The molecule has 0 aromatic heterocycles. The smallest absolute Gasteiger partial charge is 0.258 e. The summed E-state index contributed by atoms with van der Waals surface area (Å²) < 4.78 is 5.39. The van der Waals surface area contributed by atoms with Crippen molar-refractivity contribution in [1.82, 2.24) is 5.32 Å². The average molecular weight is 285 g/mol. The van der Waals surface area contributed by atoms with Gasteiger partial charge in [-0.05, 0) is 38.0 Å². The van der Waals surface area contributed by atoms with Crippen molar-refractivity contribution in [3.05, 3.63) is 28.8 Å². The third-order valence-electron chi connectivity index (χ3n) is 2.86. The summed E-state index contributed by atoms with van der Waals surface area (Å²) in [6.07, 6.45) is 0.885. The van der Waals surface area contributed by atoms with Crippen LogP contribution in [-0.4, -0.2) is 18.6 Å². The topological polar surface area (TPSA) is 64.3 Å².